The zero-order valence-corrected chi connectivity index (χ0v) is 11.9. The molecule has 3 aliphatic heterocycles. The molecule has 3 fully saturated rings. The van der Waals surface area contributed by atoms with Gasteiger partial charge >= 0.3 is 0 Å². The van der Waals surface area contributed by atoms with Crippen LogP contribution in [0.2, 0.25) is 0 Å². The molecule has 0 radical (unpaired) electrons. The van der Waals surface area contributed by atoms with Crippen molar-refractivity contribution in [3.8, 4) is 0 Å². The quantitative estimate of drug-likeness (QED) is 0.647. The molecule has 106 valence electrons. The van der Waals surface area contributed by atoms with E-state index in [9.17, 15) is 9.59 Å². The second kappa shape index (κ2) is 5.00. The Morgan fingerprint density at radius 1 is 1.05 bits per heavy atom. The molecule has 0 aliphatic carbocycles. The van der Waals surface area contributed by atoms with E-state index >= 15 is 0 Å². The third kappa shape index (κ3) is 2.26. The number of ether oxygens (including phenoxy) is 1. The molecule has 0 aromatic rings. The Kier molecular flexibility index (Phi) is 3.49. The van der Waals surface area contributed by atoms with E-state index in [0.29, 0.717) is 0 Å². The van der Waals surface area contributed by atoms with Crippen LogP contribution in [0.5, 0.6) is 0 Å². The molecule has 0 aromatic carbocycles. The molecule has 6 heteroatoms. The Morgan fingerprint density at radius 3 is 2.21 bits per heavy atom. The van der Waals surface area contributed by atoms with Crippen LogP contribution in [0.4, 0.5) is 0 Å². The second-order valence-electron chi connectivity index (χ2n) is 5.79. The van der Waals surface area contributed by atoms with Gasteiger partial charge in [0.15, 0.2) is 0 Å². The molecule has 0 aromatic heterocycles. The lowest BCUT2D eigenvalue weighted by atomic mass is 9.79. The van der Waals surface area contributed by atoms with E-state index < -0.39 is 0 Å². The number of fused-ring (bicyclic) bond motifs is 2. The molecule has 3 rings (SSSR count). The molecule has 2 bridgehead atoms. The van der Waals surface area contributed by atoms with Crippen LogP contribution >= 0.6 is 0 Å². The van der Waals surface area contributed by atoms with Crippen molar-refractivity contribution in [1.82, 2.24) is 9.80 Å². The number of carbonyl (C=O) groups excluding carboxylic acids is 2. The van der Waals surface area contributed by atoms with Gasteiger partial charge < -0.3 is 32.0 Å². The maximum atomic E-state index is 12.6. The van der Waals surface area contributed by atoms with Crippen molar-refractivity contribution < 1.29 is 14.3 Å². The summed E-state index contributed by atoms with van der Waals surface area (Å²) in [6, 6.07) is 0. The third-order valence-corrected chi connectivity index (χ3v) is 4.92. The molecule has 0 spiro atoms. The molecule has 2 unspecified atom stereocenters. The third-order valence-electron chi connectivity index (χ3n) is 4.65. The normalized spacial score (nSPS) is 38.7. The van der Waals surface area contributed by atoms with Crippen molar-refractivity contribution in [2.24, 2.45) is 11.8 Å². The highest BCUT2D eigenvalue weighted by atomic mass is 32.1. The van der Waals surface area contributed by atoms with Gasteiger partial charge in [0.2, 0.25) is 5.91 Å². The lowest BCUT2D eigenvalue weighted by molar-refractivity contribution is -0.141. The van der Waals surface area contributed by atoms with Gasteiger partial charge in [-0.15, -0.1) is 0 Å². The smallest absolute Gasteiger partial charge is 0.229 e. The van der Waals surface area contributed by atoms with Gasteiger partial charge in [0.25, 0.3) is 0 Å². The number of hydrogen-bond donors (Lipinski definition) is 0. The van der Waals surface area contributed by atoms with E-state index in [1.54, 1.807) is 0 Å². The van der Waals surface area contributed by atoms with E-state index in [0.717, 1.165) is 39.0 Å². The lowest BCUT2D eigenvalue weighted by Gasteiger charge is -2.37. The van der Waals surface area contributed by atoms with Crippen molar-refractivity contribution in [1.29, 1.82) is 0 Å². The van der Waals surface area contributed by atoms with Crippen molar-refractivity contribution in [2.45, 2.75) is 25.0 Å². The fourth-order valence-electron chi connectivity index (χ4n) is 3.53. The van der Waals surface area contributed by atoms with Crippen LogP contribution in [0.3, 0.4) is 0 Å². The maximum absolute atomic E-state index is 12.6. The summed E-state index contributed by atoms with van der Waals surface area (Å²) in [7, 11) is 2.05. The van der Waals surface area contributed by atoms with E-state index in [4.69, 9.17) is 17.4 Å². The SMILES string of the molecule is CN1CCN(C(=O)C2C(C(=O)[S-])[C@H]3CC[C@@H]2O3)CC1. The van der Waals surface area contributed by atoms with Crippen LogP contribution in [0, 0.1) is 11.8 Å². The van der Waals surface area contributed by atoms with Gasteiger partial charge in [0.1, 0.15) is 0 Å². The molecule has 1 amide bonds. The van der Waals surface area contributed by atoms with Gasteiger partial charge in [-0.1, -0.05) is 0 Å². The van der Waals surface area contributed by atoms with Crippen LogP contribution < -0.4 is 0 Å². The lowest BCUT2D eigenvalue weighted by Crippen LogP contribution is -2.52. The monoisotopic (exact) mass is 283 g/mol. The minimum absolute atomic E-state index is 0.0727. The number of carbonyl (C=O) groups is 2. The number of amides is 1. The van der Waals surface area contributed by atoms with Crippen LogP contribution in [0.25, 0.3) is 0 Å². The van der Waals surface area contributed by atoms with Gasteiger partial charge in [-0.3, -0.25) is 4.79 Å². The number of rotatable bonds is 2. The average Bonchev–Trinajstić information content (AvgIpc) is 2.98. The van der Waals surface area contributed by atoms with Gasteiger partial charge in [0.05, 0.1) is 18.1 Å². The molecule has 3 heterocycles. The summed E-state index contributed by atoms with van der Waals surface area (Å²) in [4.78, 5) is 28.4. The fraction of sp³-hybridized carbons (Fsp3) is 0.846. The summed E-state index contributed by atoms with van der Waals surface area (Å²) in [5, 5.41) is -0.306. The maximum Gasteiger partial charge on any atom is 0.229 e. The molecule has 19 heavy (non-hydrogen) atoms. The summed E-state index contributed by atoms with van der Waals surface area (Å²) in [5.74, 6) is -0.642. The minimum Gasteiger partial charge on any atom is -0.742 e. The number of likely N-dealkylation sites (N-methyl/N-ethyl adjacent to an activating group) is 1. The highest BCUT2D eigenvalue weighted by Crippen LogP contribution is 2.44. The van der Waals surface area contributed by atoms with Crippen LogP contribution in [0.15, 0.2) is 0 Å². The largest absolute Gasteiger partial charge is 0.742 e. The summed E-state index contributed by atoms with van der Waals surface area (Å²) in [5.41, 5.74) is 0. The van der Waals surface area contributed by atoms with Gasteiger partial charge in [-0.05, 0) is 19.9 Å². The summed E-state index contributed by atoms with van der Waals surface area (Å²) in [6.45, 7) is 3.25. The second-order valence-corrected chi connectivity index (χ2v) is 6.19. The van der Waals surface area contributed by atoms with E-state index in [1.807, 2.05) is 4.90 Å². The molecule has 3 aliphatic rings. The number of piperazine rings is 1. The summed E-state index contributed by atoms with van der Waals surface area (Å²) >= 11 is 4.82. The van der Waals surface area contributed by atoms with Crippen LogP contribution in [0.1, 0.15) is 12.8 Å². The summed E-state index contributed by atoms with van der Waals surface area (Å²) < 4.78 is 5.75. The van der Waals surface area contributed by atoms with Crippen molar-refractivity contribution in [2.75, 3.05) is 33.2 Å². The highest BCUT2D eigenvalue weighted by Gasteiger charge is 2.53. The van der Waals surface area contributed by atoms with Crippen molar-refractivity contribution >= 4 is 23.7 Å². The van der Waals surface area contributed by atoms with E-state index in [1.165, 1.54) is 0 Å². The standard InChI is InChI=1S/C13H20N2O3S/c1-14-4-6-15(7-5-14)12(16)10-8-2-3-9(18-8)11(10)13(17)19/h8-11H,2-7H2,1H3,(H,17,19)/p-1/t8-,9+,10?,11?/m0/s1. The number of hydrogen-bond acceptors (Lipinski definition) is 5. The fourth-order valence-corrected chi connectivity index (χ4v) is 3.83. The van der Waals surface area contributed by atoms with Crippen molar-refractivity contribution in [3.63, 3.8) is 0 Å². The Bertz CT molecular complexity index is 395. The number of nitrogens with zero attached hydrogens (tertiary/aromatic N) is 2. The molecule has 0 N–H and O–H groups in total. The minimum atomic E-state index is -0.388. The Morgan fingerprint density at radius 2 is 1.63 bits per heavy atom. The molecule has 4 atom stereocenters. The average molecular weight is 283 g/mol. The molecule has 0 saturated carbocycles. The molecular weight excluding hydrogens is 264 g/mol. The van der Waals surface area contributed by atoms with Crippen LogP contribution in [-0.2, 0) is 27.0 Å². The molecular formula is C13H19N2O3S-. The topological polar surface area (TPSA) is 49.9 Å². The van der Waals surface area contributed by atoms with Crippen molar-refractivity contribution in [3.05, 3.63) is 0 Å². The molecule has 3 saturated heterocycles. The van der Waals surface area contributed by atoms with E-state index in [-0.39, 0.29) is 35.1 Å². The van der Waals surface area contributed by atoms with Gasteiger partial charge in [-0.25, -0.2) is 0 Å². The first-order chi connectivity index (χ1) is 9.08. The first kappa shape index (κ1) is 13.3. The van der Waals surface area contributed by atoms with E-state index in [2.05, 4.69) is 11.9 Å². The Balaban J connectivity index is 1.73. The predicted molar refractivity (Wildman–Crippen MR) is 71.3 cm³/mol. The highest BCUT2D eigenvalue weighted by molar-refractivity contribution is 7.77. The van der Waals surface area contributed by atoms with Gasteiger partial charge in [0, 0.05) is 37.2 Å². The first-order valence-corrected chi connectivity index (χ1v) is 7.32. The van der Waals surface area contributed by atoms with Crippen LogP contribution in [-0.4, -0.2) is 66.3 Å². The van der Waals surface area contributed by atoms with Gasteiger partial charge in [-0.2, -0.15) is 0 Å². The predicted octanol–water partition coefficient (Wildman–Crippen LogP) is -0.372. The Hall–Kier alpha value is -0.720. The zero-order valence-electron chi connectivity index (χ0n) is 11.1. The Labute approximate surface area is 118 Å². The molecule has 5 nitrogen and oxygen atoms in total. The first-order valence-electron chi connectivity index (χ1n) is 6.91. The summed E-state index contributed by atoms with van der Waals surface area (Å²) in [6.07, 6.45) is 1.54. The zero-order chi connectivity index (χ0) is 13.6.